The Labute approximate surface area is 190 Å². The first-order chi connectivity index (χ1) is 16.0. The van der Waals surface area contributed by atoms with Crippen LogP contribution in [0.1, 0.15) is 33.4 Å². The minimum Gasteiger partial charge on any atom is -0.478 e. The van der Waals surface area contributed by atoms with Crippen molar-refractivity contribution in [2.24, 2.45) is 0 Å². The number of nitrogens with zero attached hydrogens (tertiary/aromatic N) is 4. The number of rotatable bonds is 8. The fourth-order valence-corrected chi connectivity index (χ4v) is 4.10. The van der Waals surface area contributed by atoms with Crippen LogP contribution in [0.4, 0.5) is 5.82 Å². The lowest BCUT2D eigenvalue weighted by molar-refractivity contribution is -0.0420. The van der Waals surface area contributed by atoms with Gasteiger partial charge < -0.3 is 30.3 Å². The number of ether oxygens (including phenoxy) is 1. The maximum absolute atomic E-state index is 12.4. The molecule has 0 spiro atoms. The highest BCUT2D eigenvalue weighted by atomic mass is 31.2. The van der Waals surface area contributed by atoms with Crippen molar-refractivity contribution in [3.63, 3.8) is 0 Å². The molecule has 0 bridgehead atoms. The SMILES string of the molecule is Nc1ncnc2c1ncn2[C@H]1C[C@H](O)[C@@H](COP(=O)(O)Oc2cc(C(=O)O)cc(C(=O)O)c2)O1. The van der Waals surface area contributed by atoms with E-state index < -0.39 is 61.7 Å². The number of nitrogens with two attached hydrogens (primary N) is 1. The van der Waals surface area contributed by atoms with Crippen LogP contribution in [0.15, 0.2) is 30.9 Å². The van der Waals surface area contributed by atoms with E-state index in [1.165, 1.54) is 17.2 Å². The molecule has 1 fully saturated rings. The lowest BCUT2D eigenvalue weighted by Crippen LogP contribution is -2.26. The summed E-state index contributed by atoms with van der Waals surface area (Å²) in [6.45, 7) is -0.570. The molecule has 1 aliphatic heterocycles. The smallest absolute Gasteiger partial charge is 0.478 e. The van der Waals surface area contributed by atoms with Crippen molar-refractivity contribution < 1.29 is 48.2 Å². The van der Waals surface area contributed by atoms with E-state index in [1.807, 2.05) is 0 Å². The van der Waals surface area contributed by atoms with Crippen molar-refractivity contribution in [3.05, 3.63) is 42.0 Å². The predicted molar refractivity (Wildman–Crippen MR) is 111 cm³/mol. The molecule has 0 saturated carbocycles. The van der Waals surface area contributed by atoms with Gasteiger partial charge >= 0.3 is 19.8 Å². The molecule has 6 N–H and O–H groups in total. The number of phosphoric acid groups is 1. The summed E-state index contributed by atoms with van der Waals surface area (Å²) in [4.78, 5) is 44.4. The van der Waals surface area contributed by atoms with Crippen molar-refractivity contribution in [3.8, 4) is 5.75 Å². The van der Waals surface area contributed by atoms with E-state index in [4.69, 9.17) is 29.7 Å². The van der Waals surface area contributed by atoms with Gasteiger partial charge in [0.15, 0.2) is 11.5 Å². The lowest BCUT2D eigenvalue weighted by atomic mass is 10.1. The molecule has 2 aromatic heterocycles. The zero-order chi connectivity index (χ0) is 24.6. The molecule has 0 amide bonds. The third-order valence-corrected chi connectivity index (χ3v) is 5.84. The van der Waals surface area contributed by atoms with Crippen LogP contribution in [0.5, 0.6) is 5.75 Å². The minimum absolute atomic E-state index is 0.0859. The molecule has 0 radical (unpaired) electrons. The highest BCUT2D eigenvalue weighted by Gasteiger charge is 2.38. The number of phosphoric ester groups is 1. The number of carboxylic acid groups (broad SMARTS) is 2. The number of carbonyl (C=O) groups is 2. The molecular formula is C18H18N5O10P. The number of hydrogen-bond donors (Lipinski definition) is 5. The Morgan fingerprint density at radius 1 is 1.18 bits per heavy atom. The summed E-state index contributed by atoms with van der Waals surface area (Å²) in [6.07, 6.45) is -0.112. The van der Waals surface area contributed by atoms with Gasteiger partial charge in [-0.15, -0.1) is 0 Å². The summed E-state index contributed by atoms with van der Waals surface area (Å²) in [7, 11) is -4.85. The quantitative estimate of drug-likeness (QED) is 0.270. The topological polar surface area (TPSA) is 229 Å². The first-order valence-corrected chi connectivity index (χ1v) is 11.1. The monoisotopic (exact) mass is 495 g/mol. The summed E-state index contributed by atoms with van der Waals surface area (Å²) in [6, 6.07) is 2.60. The van der Waals surface area contributed by atoms with Gasteiger partial charge in [0.1, 0.15) is 29.9 Å². The van der Waals surface area contributed by atoms with Gasteiger partial charge in [-0.05, 0) is 18.2 Å². The van der Waals surface area contributed by atoms with Crippen LogP contribution >= 0.6 is 7.82 Å². The van der Waals surface area contributed by atoms with Crippen LogP contribution in [0.2, 0.25) is 0 Å². The van der Waals surface area contributed by atoms with Gasteiger partial charge in [-0.3, -0.25) is 14.0 Å². The number of fused-ring (bicyclic) bond motifs is 1. The van der Waals surface area contributed by atoms with Crippen LogP contribution in [0, 0.1) is 0 Å². The molecule has 4 rings (SSSR count). The molecule has 1 aromatic carbocycles. The normalized spacial score (nSPS) is 21.9. The molecule has 4 atom stereocenters. The zero-order valence-electron chi connectivity index (χ0n) is 17.1. The number of aromatic carboxylic acids is 2. The number of benzene rings is 1. The summed E-state index contributed by atoms with van der Waals surface area (Å²) in [5, 5.41) is 28.5. The number of imidazole rings is 1. The molecule has 16 heteroatoms. The zero-order valence-corrected chi connectivity index (χ0v) is 18.0. The second-order valence-corrected chi connectivity index (χ2v) is 8.61. The molecule has 3 heterocycles. The van der Waals surface area contributed by atoms with Gasteiger partial charge in [0, 0.05) is 6.42 Å². The Bertz CT molecular complexity index is 1280. The molecule has 0 aliphatic carbocycles. The van der Waals surface area contributed by atoms with Crippen molar-refractivity contribution >= 4 is 36.7 Å². The minimum atomic E-state index is -4.85. The molecule has 180 valence electrons. The van der Waals surface area contributed by atoms with Gasteiger partial charge in [-0.2, -0.15) is 0 Å². The second kappa shape index (κ2) is 8.96. The van der Waals surface area contributed by atoms with Gasteiger partial charge in [-0.1, -0.05) is 0 Å². The maximum atomic E-state index is 12.4. The number of nitrogen functional groups attached to an aromatic ring is 1. The first kappa shape index (κ1) is 23.5. The van der Waals surface area contributed by atoms with Crippen LogP contribution < -0.4 is 10.3 Å². The van der Waals surface area contributed by atoms with Crippen molar-refractivity contribution in [1.82, 2.24) is 19.5 Å². The van der Waals surface area contributed by atoms with Crippen molar-refractivity contribution in [1.29, 1.82) is 0 Å². The van der Waals surface area contributed by atoms with E-state index >= 15 is 0 Å². The number of aromatic nitrogens is 4. The van der Waals surface area contributed by atoms with Crippen LogP contribution in [-0.4, -0.2) is 70.5 Å². The van der Waals surface area contributed by atoms with E-state index in [0.717, 1.165) is 18.2 Å². The third-order valence-electron chi connectivity index (χ3n) is 4.92. The Balaban J connectivity index is 1.44. The van der Waals surface area contributed by atoms with Gasteiger partial charge in [0.25, 0.3) is 0 Å². The standard InChI is InChI=1S/C18H18N5O10P/c19-15-14-16(21-6-20-15)23(7-22-14)13-4-11(24)12(32-13)5-31-34(29,30)33-10-2-8(17(25)26)1-9(3-10)18(27)28/h1-3,6-7,11-13,24H,4-5H2,(H,25,26)(H,27,28)(H,29,30)(H2,19,20,21)/t11-,12+,13+/m0/s1. The highest BCUT2D eigenvalue weighted by molar-refractivity contribution is 7.47. The van der Waals surface area contributed by atoms with Gasteiger partial charge in [0.2, 0.25) is 0 Å². The molecule has 1 unspecified atom stereocenters. The Kier molecular flexibility index (Phi) is 6.20. The van der Waals surface area contributed by atoms with Crippen LogP contribution in [-0.2, 0) is 13.8 Å². The number of aliphatic hydroxyl groups is 1. The molecule has 1 saturated heterocycles. The van der Waals surface area contributed by atoms with E-state index in [0.29, 0.717) is 11.2 Å². The molecule has 1 aliphatic rings. The van der Waals surface area contributed by atoms with Crippen molar-refractivity contribution in [2.45, 2.75) is 24.9 Å². The fourth-order valence-electron chi connectivity index (χ4n) is 3.34. The van der Waals surface area contributed by atoms with Crippen LogP contribution in [0.25, 0.3) is 11.2 Å². The Morgan fingerprint density at radius 3 is 2.50 bits per heavy atom. The summed E-state index contributed by atoms with van der Waals surface area (Å²) in [5.74, 6) is -3.27. The van der Waals surface area contributed by atoms with Gasteiger partial charge in [-0.25, -0.2) is 29.1 Å². The summed E-state index contributed by atoms with van der Waals surface area (Å²) in [5.41, 5.74) is 5.54. The third kappa shape index (κ3) is 4.83. The fraction of sp³-hybridized carbons (Fsp3) is 0.278. The van der Waals surface area contributed by atoms with E-state index in [-0.39, 0.29) is 12.2 Å². The number of carboxylic acids is 2. The van der Waals surface area contributed by atoms with E-state index in [9.17, 15) is 24.2 Å². The Hall–Kier alpha value is -3.62. The summed E-state index contributed by atoms with van der Waals surface area (Å²) < 4.78 is 29.3. The largest absolute Gasteiger partial charge is 0.527 e. The van der Waals surface area contributed by atoms with Crippen molar-refractivity contribution in [2.75, 3.05) is 12.3 Å². The average Bonchev–Trinajstić information content (AvgIpc) is 3.36. The maximum Gasteiger partial charge on any atom is 0.527 e. The molecule has 15 nitrogen and oxygen atoms in total. The van der Waals surface area contributed by atoms with Gasteiger partial charge in [0.05, 0.1) is 30.2 Å². The highest BCUT2D eigenvalue weighted by Crippen LogP contribution is 2.45. The number of hydrogen-bond acceptors (Lipinski definition) is 11. The molecule has 3 aromatic rings. The first-order valence-electron chi connectivity index (χ1n) is 9.59. The number of aliphatic hydroxyl groups excluding tert-OH is 1. The average molecular weight is 495 g/mol. The molecular weight excluding hydrogens is 477 g/mol. The number of anilines is 1. The van der Waals surface area contributed by atoms with E-state index in [1.54, 1.807) is 0 Å². The second-order valence-electron chi connectivity index (χ2n) is 7.23. The Morgan fingerprint density at radius 2 is 1.85 bits per heavy atom. The lowest BCUT2D eigenvalue weighted by Gasteiger charge is -2.18. The molecule has 34 heavy (non-hydrogen) atoms. The summed E-state index contributed by atoms with van der Waals surface area (Å²) >= 11 is 0. The van der Waals surface area contributed by atoms with Crippen LogP contribution in [0.3, 0.4) is 0 Å². The van der Waals surface area contributed by atoms with E-state index in [2.05, 4.69) is 15.0 Å². The predicted octanol–water partition coefficient (Wildman–Crippen LogP) is 0.649.